The van der Waals surface area contributed by atoms with Crippen LogP contribution in [0.2, 0.25) is 5.15 Å². The van der Waals surface area contributed by atoms with Crippen molar-refractivity contribution in [2.24, 2.45) is 0 Å². The van der Waals surface area contributed by atoms with Crippen molar-refractivity contribution in [1.29, 1.82) is 0 Å². The molecule has 106 valence electrons. The molecule has 0 aliphatic carbocycles. The minimum absolute atomic E-state index is 0.0335. The van der Waals surface area contributed by atoms with Gasteiger partial charge in [-0.2, -0.15) is 0 Å². The maximum absolute atomic E-state index is 11.5. The van der Waals surface area contributed by atoms with E-state index in [1.807, 2.05) is 0 Å². The van der Waals surface area contributed by atoms with Crippen molar-refractivity contribution in [2.45, 2.75) is 18.6 Å². The molecule has 1 aromatic heterocycles. The van der Waals surface area contributed by atoms with Gasteiger partial charge in [-0.1, -0.05) is 11.6 Å². The van der Waals surface area contributed by atoms with E-state index in [1.54, 1.807) is 13.8 Å². The summed E-state index contributed by atoms with van der Waals surface area (Å²) in [6.07, 6.45) is 1.13. The van der Waals surface area contributed by atoms with Crippen molar-refractivity contribution < 1.29 is 13.3 Å². The van der Waals surface area contributed by atoms with Gasteiger partial charge in [0, 0.05) is 12.8 Å². The Labute approximate surface area is 116 Å². The van der Waals surface area contributed by atoms with Gasteiger partial charge < -0.3 is 5.32 Å². The largest absolute Gasteiger partial charge is 0.368 e. The second-order valence-electron chi connectivity index (χ2n) is 4.68. The summed E-state index contributed by atoms with van der Waals surface area (Å²) < 4.78 is 22.0. The molecule has 0 saturated carbocycles. The molecule has 0 atom stereocenters. The van der Waals surface area contributed by atoms with Crippen LogP contribution in [0.3, 0.4) is 0 Å². The van der Waals surface area contributed by atoms with Crippen molar-refractivity contribution in [3.63, 3.8) is 0 Å². The summed E-state index contributed by atoms with van der Waals surface area (Å²) in [6, 6.07) is 2.32. The molecule has 9 heteroatoms. The third-order valence-corrected chi connectivity index (χ3v) is 5.03. The van der Waals surface area contributed by atoms with E-state index in [2.05, 4.69) is 10.3 Å². The smallest absolute Gasteiger partial charge is 0.276 e. The van der Waals surface area contributed by atoms with E-state index in [1.165, 1.54) is 6.07 Å². The van der Waals surface area contributed by atoms with Gasteiger partial charge in [0.05, 0.1) is 21.8 Å². The zero-order valence-corrected chi connectivity index (χ0v) is 12.2. The summed E-state index contributed by atoms with van der Waals surface area (Å²) in [7, 11) is -3.27. The van der Waals surface area contributed by atoms with Crippen molar-refractivity contribution in [2.75, 3.05) is 18.1 Å². The molecular formula is C10H14ClN3O4S. The van der Waals surface area contributed by atoms with Gasteiger partial charge in [0.1, 0.15) is 11.0 Å². The van der Waals surface area contributed by atoms with Gasteiger partial charge in [-0.15, -0.1) is 0 Å². The maximum Gasteiger partial charge on any atom is 0.276 e. The summed E-state index contributed by atoms with van der Waals surface area (Å²) in [6.45, 7) is 3.17. The maximum atomic E-state index is 11.5. The van der Waals surface area contributed by atoms with Crippen LogP contribution in [0.25, 0.3) is 0 Å². The number of halogens is 1. The molecule has 1 heterocycles. The Balaban J connectivity index is 2.93. The van der Waals surface area contributed by atoms with Crippen molar-refractivity contribution in [1.82, 2.24) is 4.98 Å². The molecule has 0 aliphatic rings. The Hall–Kier alpha value is -1.41. The molecule has 0 bridgehead atoms. The molecule has 0 unspecified atom stereocenters. The molecular weight excluding hydrogens is 294 g/mol. The van der Waals surface area contributed by atoms with Gasteiger partial charge in [0.15, 0.2) is 9.84 Å². The van der Waals surface area contributed by atoms with Crippen LogP contribution in [0.1, 0.15) is 13.8 Å². The van der Waals surface area contributed by atoms with Crippen LogP contribution in [-0.2, 0) is 9.84 Å². The summed E-state index contributed by atoms with van der Waals surface area (Å²) in [5.74, 6) is 0.163. The number of rotatable bonds is 5. The fourth-order valence-corrected chi connectivity index (χ4v) is 1.65. The van der Waals surface area contributed by atoms with Gasteiger partial charge in [-0.25, -0.2) is 13.4 Å². The quantitative estimate of drug-likeness (QED) is 0.506. The average molecular weight is 308 g/mol. The van der Waals surface area contributed by atoms with Gasteiger partial charge in [-0.05, 0) is 13.8 Å². The van der Waals surface area contributed by atoms with Gasteiger partial charge in [-0.3, -0.25) is 10.1 Å². The second-order valence-corrected chi connectivity index (χ2v) is 7.71. The molecule has 1 aromatic rings. The minimum atomic E-state index is -3.27. The van der Waals surface area contributed by atoms with Crippen molar-refractivity contribution in [3.05, 3.63) is 27.4 Å². The SMILES string of the molecule is CC(C)(CNc1cc([N+](=O)[O-])cc(Cl)n1)S(C)(=O)=O. The number of hydrogen-bond donors (Lipinski definition) is 1. The summed E-state index contributed by atoms with van der Waals surface area (Å²) >= 11 is 5.66. The predicted molar refractivity (Wildman–Crippen MR) is 73.3 cm³/mol. The molecule has 0 fully saturated rings. The highest BCUT2D eigenvalue weighted by atomic mass is 35.5. The lowest BCUT2D eigenvalue weighted by atomic mass is 10.2. The zero-order chi connectivity index (χ0) is 14.8. The lowest BCUT2D eigenvalue weighted by Gasteiger charge is -2.22. The first-order chi connectivity index (χ1) is 8.53. The monoisotopic (exact) mass is 307 g/mol. The molecule has 19 heavy (non-hydrogen) atoms. The van der Waals surface area contributed by atoms with E-state index in [9.17, 15) is 18.5 Å². The third kappa shape index (κ3) is 4.03. The highest BCUT2D eigenvalue weighted by Gasteiger charge is 2.30. The topological polar surface area (TPSA) is 102 Å². The number of pyridine rings is 1. The molecule has 0 radical (unpaired) electrons. The number of nitrogens with zero attached hydrogens (tertiary/aromatic N) is 2. The van der Waals surface area contributed by atoms with Crippen LogP contribution in [0, 0.1) is 10.1 Å². The number of aromatic nitrogens is 1. The van der Waals surface area contributed by atoms with E-state index in [4.69, 9.17) is 11.6 Å². The first-order valence-electron chi connectivity index (χ1n) is 5.28. The Bertz CT molecular complexity index is 601. The van der Waals surface area contributed by atoms with E-state index < -0.39 is 19.5 Å². The number of anilines is 1. The molecule has 7 nitrogen and oxygen atoms in total. The molecule has 0 saturated heterocycles. The molecule has 1 N–H and O–H groups in total. The highest BCUT2D eigenvalue weighted by Crippen LogP contribution is 2.22. The predicted octanol–water partition coefficient (Wildman–Crippen LogP) is 1.88. The van der Waals surface area contributed by atoms with E-state index in [0.717, 1.165) is 12.3 Å². The van der Waals surface area contributed by atoms with Crippen LogP contribution in [0.4, 0.5) is 11.5 Å². The Kier molecular flexibility index (Phi) is 4.36. The summed E-state index contributed by atoms with van der Waals surface area (Å²) in [4.78, 5) is 13.9. The number of nitrogens with one attached hydrogen (secondary N) is 1. The van der Waals surface area contributed by atoms with E-state index in [-0.39, 0.29) is 23.2 Å². The Morgan fingerprint density at radius 3 is 2.53 bits per heavy atom. The first kappa shape index (κ1) is 15.6. The fraction of sp³-hybridized carbons (Fsp3) is 0.500. The second kappa shape index (κ2) is 5.30. The van der Waals surface area contributed by atoms with E-state index in [0.29, 0.717) is 0 Å². The summed E-state index contributed by atoms with van der Waals surface area (Å²) in [5, 5.41) is 13.4. The first-order valence-corrected chi connectivity index (χ1v) is 7.55. The van der Waals surface area contributed by atoms with Gasteiger partial charge >= 0.3 is 0 Å². The Morgan fingerprint density at radius 1 is 1.47 bits per heavy atom. The van der Waals surface area contributed by atoms with Crippen LogP contribution in [0.5, 0.6) is 0 Å². The highest BCUT2D eigenvalue weighted by molar-refractivity contribution is 7.92. The van der Waals surface area contributed by atoms with Gasteiger partial charge in [0.25, 0.3) is 5.69 Å². The number of sulfone groups is 1. The van der Waals surface area contributed by atoms with Crippen molar-refractivity contribution >= 4 is 32.9 Å². The van der Waals surface area contributed by atoms with E-state index >= 15 is 0 Å². The summed E-state index contributed by atoms with van der Waals surface area (Å²) in [5.41, 5.74) is -0.209. The van der Waals surface area contributed by atoms with Crippen molar-refractivity contribution in [3.8, 4) is 0 Å². The lowest BCUT2D eigenvalue weighted by molar-refractivity contribution is -0.384. The molecule has 0 spiro atoms. The molecule has 0 amide bonds. The molecule has 1 rings (SSSR count). The Morgan fingerprint density at radius 2 is 2.05 bits per heavy atom. The molecule has 0 aromatic carbocycles. The number of hydrogen-bond acceptors (Lipinski definition) is 6. The number of nitro groups is 1. The zero-order valence-electron chi connectivity index (χ0n) is 10.7. The minimum Gasteiger partial charge on any atom is -0.368 e. The molecule has 0 aliphatic heterocycles. The standard InChI is InChI=1S/C10H14ClN3O4S/c1-10(2,19(3,17)18)6-12-9-5-7(14(15)16)4-8(11)13-9/h4-5H,6H2,1-3H3,(H,12,13). The lowest BCUT2D eigenvalue weighted by Crippen LogP contribution is -2.38. The average Bonchev–Trinajstić information content (AvgIpc) is 2.24. The third-order valence-electron chi connectivity index (χ3n) is 2.69. The van der Waals surface area contributed by atoms with Crippen LogP contribution in [0.15, 0.2) is 12.1 Å². The van der Waals surface area contributed by atoms with Gasteiger partial charge in [0.2, 0.25) is 0 Å². The fourth-order valence-electron chi connectivity index (χ4n) is 1.11. The van der Waals surface area contributed by atoms with Crippen LogP contribution in [-0.4, -0.2) is 35.9 Å². The van der Waals surface area contributed by atoms with Crippen LogP contribution < -0.4 is 5.32 Å². The van der Waals surface area contributed by atoms with Crippen LogP contribution >= 0.6 is 11.6 Å². The normalized spacial score (nSPS) is 12.2.